The summed E-state index contributed by atoms with van der Waals surface area (Å²) in [6, 6.07) is 49.7. The fourth-order valence-electron chi connectivity index (χ4n) is 10.6. The number of fused-ring (bicyclic) bond motifs is 14. The number of nitrogens with zero attached hydrogens (tertiary/aromatic N) is 5. The first-order chi connectivity index (χ1) is 25.8. The lowest BCUT2D eigenvalue weighted by molar-refractivity contribution is 0.299. The Bertz CT molecular complexity index is 2810. The zero-order valence-corrected chi connectivity index (χ0v) is 28.7. The molecule has 52 heavy (non-hydrogen) atoms. The second kappa shape index (κ2) is 10.7. The van der Waals surface area contributed by atoms with Gasteiger partial charge in [0.2, 0.25) is 5.95 Å². The zero-order chi connectivity index (χ0) is 33.9. The second-order valence-electron chi connectivity index (χ2n) is 15.2. The summed E-state index contributed by atoms with van der Waals surface area (Å²) in [5.41, 5.74) is 11.2. The largest absolute Gasteiger partial charge is 0.307 e. The Hall–Kier alpha value is -6.07. The van der Waals surface area contributed by atoms with E-state index in [0.29, 0.717) is 29.4 Å². The Morgan fingerprint density at radius 2 is 1.00 bits per heavy atom. The maximum Gasteiger partial charge on any atom is 0.238 e. The van der Waals surface area contributed by atoms with Crippen LogP contribution in [0.1, 0.15) is 48.6 Å². The van der Waals surface area contributed by atoms with Crippen LogP contribution in [-0.2, 0) is 0 Å². The van der Waals surface area contributed by atoms with Gasteiger partial charge in [-0.05, 0) is 84.7 Å². The lowest BCUT2D eigenvalue weighted by Crippen LogP contribution is -2.23. The lowest BCUT2D eigenvalue weighted by atomic mass is 9.67. The van der Waals surface area contributed by atoms with E-state index in [9.17, 15) is 0 Å². The van der Waals surface area contributed by atoms with E-state index in [-0.39, 0.29) is 0 Å². The molecule has 2 saturated carbocycles. The summed E-state index contributed by atoms with van der Waals surface area (Å²) < 4.78 is 4.91. The molecule has 0 N–H and O–H groups in total. The third-order valence-electron chi connectivity index (χ3n) is 12.5. The van der Waals surface area contributed by atoms with Crippen molar-refractivity contribution in [2.75, 3.05) is 0 Å². The molecular formula is C47H35N5. The summed E-state index contributed by atoms with van der Waals surface area (Å²) in [7, 11) is 0. The molecule has 5 nitrogen and oxygen atoms in total. The third-order valence-corrected chi connectivity index (χ3v) is 12.5. The van der Waals surface area contributed by atoms with E-state index >= 15 is 0 Å². The van der Waals surface area contributed by atoms with Crippen molar-refractivity contribution >= 4 is 43.6 Å². The van der Waals surface area contributed by atoms with Gasteiger partial charge in [0, 0.05) is 38.4 Å². The van der Waals surface area contributed by atoms with Gasteiger partial charge in [-0.1, -0.05) is 115 Å². The van der Waals surface area contributed by atoms with Crippen LogP contribution in [0, 0.1) is 11.8 Å². The molecule has 0 amide bonds. The number of hydrogen-bond acceptors (Lipinski definition) is 3. The van der Waals surface area contributed by atoms with Crippen molar-refractivity contribution in [3.05, 3.63) is 151 Å². The fourth-order valence-corrected chi connectivity index (χ4v) is 10.6. The molecule has 0 saturated heterocycles. The van der Waals surface area contributed by atoms with Crippen molar-refractivity contribution in [2.45, 2.75) is 37.5 Å². The van der Waals surface area contributed by atoms with Crippen LogP contribution in [0.3, 0.4) is 0 Å². The van der Waals surface area contributed by atoms with Gasteiger partial charge in [0.15, 0.2) is 11.6 Å². The molecule has 12 rings (SSSR count). The highest BCUT2D eigenvalue weighted by atomic mass is 15.2. The number of aromatic nitrogens is 5. The molecule has 3 aliphatic rings. The van der Waals surface area contributed by atoms with E-state index in [4.69, 9.17) is 15.0 Å². The Labute approximate surface area is 301 Å². The van der Waals surface area contributed by atoms with Gasteiger partial charge in [0.1, 0.15) is 0 Å². The van der Waals surface area contributed by atoms with Gasteiger partial charge in [-0.2, -0.15) is 9.97 Å². The van der Waals surface area contributed by atoms with Gasteiger partial charge in [-0.25, -0.2) is 4.98 Å². The standard InChI is InChI=1S/C47H35N5/c1-4-14-29(15-5-1)45-48-46(30-16-6-2-7-17-30)50-47(49-45)52-38-23-13-11-21-35(38)41-39-32-25-28-24-31(27-32)36(26-28)40(39)42-34-20-10-12-22-37(34)51(43(42)44(41)52)33-18-8-3-9-19-33/h1-23,28,31-32,36H,24-27H2. The van der Waals surface area contributed by atoms with Gasteiger partial charge in [0.25, 0.3) is 0 Å². The van der Waals surface area contributed by atoms with E-state index in [1.807, 2.05) is 12.1 Å². The lowest BCUT2D eigenvalue weighted by Gasteiger charge is -2.37. The molecule has 4 unspecified atom stereocenters. The van der Waals surface area contributed by atoms with Crippen LogP contribution in [0.4, 0.5) is 0 Å². The van der Waals surface area contributed by atoms with Crippen molar-refractivity contribution in [1.29, 1.82) is 0 Å². The summed E-state index contributed by atoms with van der Waals surface area (Å²) in [6.07, 6.45) is 5.29. The number of benzene rings is 6. The maximum absolute atomic E-state index is 5.36. The molecule has 6 aromatic carbocycles. The number of para-hydroxylation sites is 3. The topological polar surface area (TPSA) is 48.5 Å². The van der Waals surface area contributed by atoms with Gasteiger partial charge < -0.3 is 4.57 Å². The Morgan fingerprint density at radius 3 is 1.65 bits per heavy atom. The molecule has 0 aliphatic heterocycles. The van der Waals surface area contributed by atoms with Gasteiger partial charge in [0.05, 0.1) is 22.1 Å². The molecular weight excluding hydrogens is 635 g/mol. The Kier molecular flexibility index (Phi) is 5.90. The average Bonchev–Trinajstić information content (AvgIpc) is 3.82. The highest BCUT2D eigenvalue weighted by molar-refractivity contribution is 6.26. The fraction of sp³-hybridized carbons (Fsp3) is 0.170. The minimum atomic E-state index is 0.556. The SMILES string of the molecule is c1ccc(-c2nc(-c3ccccc3)nc(-n3c4ccccc4c4c5c(c6c7ccccc7n(-c7ccccc7)c6c43)C3CC4CC5CC3C4)n2)cc1. The minimum Gasteiger partial charge on any atom is -0.307 e. The van der Waals surface area contributed by atoms with Crippen molar-refractivity contribution in [2.24, 2.45) is 11.8 Å². The minimum absolute atomic E-state index is 0.556. The summed E-state index contributed by atoms with van der Waals surface area (Å²) in [4.78, 5) is 15.8. The van der Waals surface area contributed by atoms with Gasteiger partial charge in [-0.15, -0.1) is 0 Å². The predicted octanol–water partition coefficient (Wildman–Crippen LogP) is 11.4. The molecule has 0 spiro atoms. The van der Waals surface area contributed by atoms with E-state index < -0.39 is 0 Å². The number of rotatable bonds is 4. The third kappa shape index (κ3) is 3.91. The van der Waals surface area contributed by atoms with Crippen LogP contribution in [0.25, 0.3) is 78.0 Å². The average molecular weight is 670 g/mol. The Balaban J connectivity index is 1.32. The van der Waals surface area contributed by atoms with Crippen molar-refractivity contribution in [1.82, 2.24) is 24.1 Å². The number of hydrogen-bond donors (Lipinski definition) is 0. The highest BCUT2D eigenvalue weighted by Gasteiger charge is 2.49. The van der Waals surface area contributed by atoms with E-state index in [1.54, 1.807) is 11.1 Å². The van der Waals surface area contributed by atoms with Crippen LogP contribution in [0.15, 0.2) is 140 Å². The van der Waals surface area contributed by atoms with Crippen molar-refractivity contribution in [3.8, 4) is 34.4 Å². The molecule has 9 aromatic rings. The van der Waals surface area contributed by atoms with E-state index in [0.717, 1.165) is 28.5 Å². The van der Waals surface area contributed by atoms with Gasteiger partial charge >= 0.3 is 0 Å². The molecule has 3 aromatic heterocycles. The van der Waals surface area contributed by atoms with Crippen LogP contribution < -0.4 is 0 Å². The molecule has 3 bridgehead atoms. The van der Waals surface area contributed by atoms with Crippen LogP contribution in [0.2, 0.25) is 0 Å². The normalized spacial score (nSPS) is 20.4. The predicted molar refractivity (Wildman–Crippen MR) is 210 cm³/mol. The smallest absolute Gasteiger partial charge is 0.238 e. The molecule has 3 heterocycles. The van der Waals surface area contributed by atoms with Crippen LogP contribution in [0.5, 0.6) is 0 Å². The van der Waals surface area contributed by atoms with Crippen molar-refractivity contribution in [3.63, 3.8) is 0 Å². The maximum atomic E-state index is 5.36. The molecule has 3 aliphatic carbocycles. The van der Waals surface area contributed by atoms with Gasteiger partial charge in [-0.3, -0.25) is 4.57 Å². The molecule has 5 heteroatoms. The summed E-state index contributed by atoms with van der Waals surface area (Å²) in [5.74, 6) is 4.72. The molecule has 4 atom stereocenters. The first kappa shape index (κ1) is 28.6. The van der Waals surface area contributed by atoms with Crippen LogP contribution >= 0.6 is 0 Å². The highest BCUT2D eigenvalue weighted by Crippen LogP contribution is 2.64. The molecule has 0 radical (unpaired) electrons. The quantitative estimate of drug-likeness (QED) is 0.187. The van der Waals surface area contributed by atoms with Crippen molar-refractivity contribution < 1.29 is 0 Å². The van der Waals surface area contributed by atoms with Crippen LogP contribution in [-0.4, -0.2) is 24.1 Å². The first-order valence-electron chi connectivity index (χ1n) is 18.7. The Morgan fingerprint density at radius 1 is 0.462 bits per heavy atom. The summed E-state index contributed by atoms with van der Waals surface area (Å²) >= 11 is 0. The van der Waals surface area contributed by atoms with E-state index in [2.05, 4.69) is 137 Å². The summed E-state index contributed by atoms with van der Waals surface area (Å²) in [6.45, 7) is 0. The summed E-state index contributed by atoms with van der Waals surface area (Å²) in [5, 5.41) is 5.43. The zero-order valence-electron chi connectivity index (χ0n) is 28.7. The molecule has 2 fully saturated rings. The first-order valence-corrected chi connectivity index (χ1v) is 18.7. The van der Waals surface area contributed by atoms with E-state index in [1.165, 1.54) is 69.5 Å². The molecule has 248 valence electrons. The second-order valence-corrected chi connectivity index (χ2v) is 15.2. The monoisotopic (exact) mass is 669 g/mol.